The van der Waals surface area contributed by atoms with Crippen LogP contribution in [0.4, 0.5) is 5.69 Å². The van der Waals surface area contributed by atoms with Crippen LogP contribution in [0.5, 0.6) is 11.5 Å². The van der Waals surface area contributed by atoms with Crippen LogP contribution in [0.15, 0.2) is 48.5 Å². The van der Waals surface area contributed by atoms with Crippen molar-refractivity contribution in [3.8, 4) is 11.5 Å². The summed E-state index contributed by atoms with van der Waals surface area (Å²) in [5, 5.41) is 2.63. The highest BCUT2D eigenvalue weighted by Gasteiger charge is 2.28. The molecule has 10 heteroatoms. The number of para-hydroxylation sites is 2. The van der Waals surface area contributed by atoms with Gasteiger partial charge in [-0.05, 0) is 49.6 Å². The first-order chi connectivity index (χ1) is 17.2. The average Bonchev–Trinajstić information content (AvgIpc) is 2.86. The molecule has 0 aliphatic carbocycles. The van der Waals surface area contributed by atoms with Crippen LogP contribution in [-0.2, 0) is 26.2 Å². The fourth-order valence-corrected chi connectivity index (χ4v) is 4.95. The van der Waals surface area contributed by atoms with Crippen molar-refractivity contribution in [2.45, 2.75) is 45.7 Å². The van der Waals surface area contributed by atoms with E-state index in [9.17, 15) is 18.0 Å². The highest BCUT2D eigenvalue weighted by Crippen LogP contribution is 2.30. The number of sulfonamides is 1. The molecule has 9 nitrogen and oxygen atoms in total. The van der Waals surface area contributed by atoms with Gasteiger partial charge in [0.2, 0.25) is 21.8 Å². The topological polar surface area (TPSA) is 105 Å². The maximum atomic E-state index is 13.4. The van der Waals surface area contributed by atoms with Crippen LogP contribution in [0.1, 0.15) is 38.7 Å². The number of methoxy groups -OCH3 is 1. The Morgan fingerprint density at radius 2 is 1.81 bits per heavy atom. The summed E-state index contributed by atoms with van der Waals surface area (Å²) in [6, 6.07) is 13.6. The van der Waals surface area contributed by atoms with Crippen LogP contribution < -0.4 is 19.1 Å². The van der Waals surface area contributed by atoms with Gasteiger partial charge >= 0.3 is 0 Å². The zero-order chi connectivity index (χ0) is 26.7. The van der Waals surface area contributed by atoms with Gasteiger partial charge in [0.1, 0.15) is 17.5 Å². The quantitative estimate of drug-likeness (QED) is 0.411. The Balaban J connectivity index is 2.24. The van der Waals surface area contributed by atoms with E-state index in [0.717, 1.165) is 11.8 Å². The molecule has 2 rings (SSSR count). The molecule has 0 aliphatic rings. The summed E-state index contributed by atoms with van der Waals surface area (Å²) in [6.07, 6.45) is 1.91. The van der Waals surface area contributed by atoms with Crippen molar-refractivity contribution in [2.24, 2.45) is 0 Å². The summed E-state index contributed by atoms with van der Waals surface area (Å²) in [6.45, 7) is 4.39. The standard InChI is InChI=1S/C26H37N3O6S/c1-6-22(26(31)27-3)28(19-20-12-10-13-21(18-20)34-4)25(30)16-11-17-29(36(5,32)33)23-14-8-9-15-24(23)35-7-2/h8-10,12-15,18,22H,6-7,11,16-17,19H2,1-5H3,(H,27,31)/t22-/m0/s1. The number of benzene rings is 2. The van der Waals surface area contributed by atoms with Gasteiger partial charge in [0.25, 0.3) is 0 Å². The first kappa shape index (κ1) is 29.0. The van der Waals surface area contributed by atoms with Gasteiger partial charge < -0.3 is 19.7 Å². The van der Waals surface area contributed by atoms with Gasteiger partial charge in [-0.15, -0.1) is 0 Å². The number of ether oxygens (including phenoxy) is 2. The number of anilines is 1. The summed E-state index contributed by atoms with van der Waals surface area (Å²) in [5.41, 5.74) is 1.26. The first-order valence-corrected chi connectivity index (χ1v) is 13.8. The first-order valence-electron chi connectivity index (χ1n) is 12.0. The van der Waals surface area contributed by atoms with E-state index in [0.29, 0.717) is 30.2 Å². The van der Waals surface area contributed by atoms with E-state index in [1.54, 1.807) is 43.3 Å². The molecular weight excluding hydrogens is 482 g/mol. The number of hydrogen-bond donors (Lipinski definition) is 1. The molecule has 0 saturated heterocycles. The van der Waals surface area contributed by atoms with Crippen molar-refractivity contribution in [1.82, 2.24) is 10.2 Å². The second kappa shape index (κ2) is 13.7. The molecule has 198 valence electrons. The number of carbonyl (C=O) groups is 2. The van der Waals surface area contributed by atoms with Gasteiger partial charge in [-0.3, -0.25) is 13.9 Å². The van der Waals surface area contributed by atoms with Crippen molar-refractivity contribution >= 4 is 27.5 Å². The lowest BCUT2D eigenvalue weighted by atomic mass is 10.1. The highest BCUT2D eigenvalue weighted by atomic mass is 32.2. The van der Waals surface area contributed by atoms with Gasteiger partial charge in [0.15, 0.2) is 0 Å². The molecule has 0 radical (unpaired) electrons. The third kappa shape index (κ3) is 7.87. The minimum absolute atomic E-state index is 0.0697. The molecule has 0 aliphatic heterocycles. The Morgan fingerprint density at radius 3 is 2.42 bits per heavy atom. The summed E-state index contributed by atoms with van der Waals surface area (Å²) >= 11 is 0. The zero-order valence-electron chi connectivity index (χ0n) is 21.7. The SMILES string of the molecule is CCOc1ccccc1N(CCCC(=O)N(Cc1cccc(OC)c1)[C@@H](CC)C(=O)NC)S(C)(=O)=O. The summed E-state index contributed by atoms with van der Waals surface area (Å²) in [4.78, 5) is 27.5. The smallest absolute Gasteiger partial charge is 0.242 e. The van der Waals surface area contributed by atoms with Gasteiger partial charge in [-0.1, -0.05) is 31.2 Å². The average molecular weight is 520 g/mol. The molecule has 0 aromatic heterocycles. The van der Waals surface area contributed by atoms with E-state index in [4.69, 9.17) is 9.47 Å². The van der Waals surface area contributed by atoms with E-state index in [1.807, 2.05) is 38.1 Å². The minimum atomic E-state index is -3.62. The molecule has 0 saturated carbocycles. The molecule has 0 fully saturated rings. The van der Waals surface area contributed by atoms with Crippen LogP contribution in [0.3, 0.4) is 0 Å². The zero-order valence-corrected chi connectivity index (χ0v) is 22.5. The number of carbonyl (C=O) groups excluding carboxylic acids is 2. The van der Waals surface area contributed by atoms with Gasteiger partial charge in [-0.2, -0.15) is 0 Å². The van der Waals surface area contributed by atoms with Crippen molar-refractivity contribution < 1.29 is 27.5 Å². The summed E-state index contributed by atoms with van der Waals surface area (Å²) < 4.78 is 37.3. The number of hydrogen-bond acceptors (Lipinski definition) is 6. The highest BCUT2D eigenvalue weighted by molar-refractivity contribution is 7.92. The lowest BCUT2D eigenvalue weighted by molar-refractivity contribution is -0.141. The van der Waals surface area contributed by atoms with Gasteiger partial charge in [0, 0.05) is 26.6 Å². The fourth-order valence-electron chi connectivity index (χ4n) is 3.98. The molecule has 0 unspecified atom stereocenters. The molecule has 2 amide bonds. The van der Waals surface area contributed by atoms with Crippen molar-refractivity contribution in [3.05, 3.63) is 54.1 Å². The van der Waals surface area contributed by atoms with Crippen molar-refractivity contribution in [3.63, 3.8) is 0 Å². The second-order valence-corrected chi connectivity index (χ2v) is 10.2. The predicted molar refractivity (Wildman–Crippen MR) is 141 cm³/mol. The summed E-state index contributed by atoms with van der Waals surface area (Å²) in [5.74, 6) is 0.628. The molecule has 0 spiro atoms. The third-order valence-electron chi connectivity index (χ3n) is 5.71. The predicted octanol–water partition coefficient (Wildman–Crippen LogP) is 3.19. The molecule has 2 aromatic carbocycles. The molecule has 1 N–H and O–H groups in total. The van der Waals surface area contributed by atoms with E-state index in [-0.39, 0.29) is 37.7 Å². The number of nitrogens with zero attached hydrogens (tertiary/aromatic N) is 2. The van der Waals surface area contributed by atoms with Crippen LogP contribution in [0, 0.1) is 0 Å². The van der Waals surface area contributed by atoms with Crippen LogP contribution in [0.2, 0.25) is 0 Å². The lowest BCUT2D eigenvalue weighted by Crippen LogP contribution is -2.48. The number of nitrogens with one attached hydrogen (secondary N) is 1. The normalized spacial score (nSPS) is 11.9. The minimum Gasteiger partial charge on any atom is -0.497 e. The Kier molecular flexibility index (Phi) is 11.0. The molecule has 0 heterocycles. The second-order valence-electron chi connectivity index (χ2n) is 8.25. The number of amides is 2. The molecule has 36 heavy (non-hydrogen) atoms. The maximum Gasteiger partial charge on any atom is 0.242 e. The van der Waals surface area contributed by atoms with Gasteiger partial charge in [0.05, 0.1) is 25.7 Å². The Labute approximate surface area is 214 Å². The Morgan fingerprint density at radius 1 is 1.08 bits per heavy atom. The van der Waals surface area contributed by atoms with E-state index >= 15 is 0 Å². The molecule has 1 atom stereocenters. The molecule has 0 bridgehead atoms. The molecular formula is C26H37N3O6S. The van der Waals surface area contributed by atoms with E-state index in [1.165, 1.54) is 4.31 Å². The Bertz CT molecular complexity index is 1120. The maximum absolute atomic E-state index is 13.4. The van der Waals surface area contributed by atoms with E-state index < -0.39 is 16.1 Å². The fraction of sp³-hybridized carbons (Fsp3) is 0.462. The molecule has 2 aromatic rings. The lowest BCUT2D eigenvalue weighted by Gasteiger charge is -2.31. The Hall–Kier alpha value is -3.27. The third-order valence-corrected chi connectivity index (χ3v) is 6.89. The van der Waals surface area contributed by atoms with Crippen LogP contribution in [0.25, 0.3) is 0 Å². The van der Waals surface area contributed by atoms with Crippen LogP contribution in [-0.4, -0.2) is 64.7 Å². The van der Waals surface area contributed by atoms with Crippen LogP contribution >= 0.6 is 0 Å². The number of likely N-dealkylation sites (N-methyl/N-ethyl adjacent to an activating group) is 1. The van der Waals surface area contributed by atoms with Crippen molar-refractivity contribution in [1.29, 1.82) is 0 Å². The van der Waals surface area contributed by atoms with E-state index in [2.05, 4.69) is 5.32 Å². The summed E-state index contributed by atoms with van der Waals surface area (Å²) in [7, 11) is -0.512. The number of rotatable bonds is 14. The largest absolute Gasteiger partial charge is 0.497 e. The van der Waals surface area contributed by atoms with Crippen molar-refractivity contribution in [2.75, 3.05) is 37.9 Å². The monoisotopic (exact) mass is 519 g/mol. The van der Waals surface area contributed by atoms with Gasteiger partial charge in [-0.25, -0.2) is 8.42 Å².